The van der Waals surface area contributed by atoms with Crippen LogP contribution in [0.2, 0.25) is 0 Å². The SMILES string of the molecule is CCCc1cccc2c1NCC(O)C2. The van der Waals surface area contributed by atoms with Crippen LogP contribution in [0.4, 0.5) is 5.69 Å². The summed E-state index contributed by atoms with van der Waals surface area (Å²) >= 11 is 0. The molecule has 2 rings (SSSR count). The van der Waals surface area contributed by atoms with Crippen molar-refractivity contribution in [2.24, 2.45) is 0 Å². The third-order valence-electron chi connectivity index (χ3n) is 2.73. The number of hydrogen-bond donors (Lipinski definition) is 2. The summed E-state index contributed by atoms with van der Waals surface area (Å²) in [5.41, 5.74) is 3.91. The highest BCUT2D eigenvalue weighted by Crippen LogP contribution is 2.26. The highest BCUT2D eigenvalue weighted by atomic mass is 16.3. The van der Waals surface area contributed by atoms with Gasteiger partial charge in [0.15, 0.2) is 0 Å². The minimum atomic E-state index is -0.223. The summed E-state index contributed by atoms with van der Waals surface area (Å²) < 4.78 is 0. The Morgan fingerprint density at radius 1 is 1.50 bits per heavy atom. The monoisotopic (exact) mass is 191 g/mol. The Bertz CT molecular complexity index is 308. The van der Waals surface area contributed by atoms with E-state index in [1.54, 1.807) is 0 Å². The van der Waals surface area contributed by atoms with Crippen molar-refractivity contribution >= 4 is 5.69 Å². The number of β-amino-alcohol motifs (C(OH)–C–C–N with tert-alkyl or cyclic N) is 1. The summed E-state index contributed by atoms with van der Waals surface area (Å²) in [7, 11) is 0. The number of rotatable bonds is 2. The van der Waals surface area contributed by atoms with E-state index in [0.717, 1.165) is 12.8 Å². The van der Waals surface area contributed by atoms with Gasteiger partial charge >= 0.3 is 0 Å². The molecule has 0 saturated heterocycles. The average Bonchev–Trinajstić information content (AvgIpc) is 2.18. The molecular weight excluding hydrogens is 174 g/mol. The number of benzene rings is 1. The summed E-state index contributed by atoms with van der Waals surface area (Å²) in [6.07, 6.45) is 2.85. The van der Waals surface area contributed by atoms with Gasteiger partial charge in [0.05, 0.1) is 6.10 Å². The maximum atomic E-state index is 9.51. The van der Waals surface area contributed by atoms with Crippen LogP contribution in [0.3, 0.4) is 0 Å². The molecule has 0 aliphatic carbocycles. The zero-order chi connectivity index (χ0) is 9.97. The lowest BCUT2D eigenvalue weighted by molar-refractivity contribution is 0.184. The molecule has 0 aromatic heterocycles. The molecule has 0 saturated carbocycles. The highest BCUT2D eigenvalue weighted by Gasteiger charge is 2.17. The molecule has 1 atom stereocenters. The Kier molecular flexibility index (Phi) is 2.73. The normalized spacial score (nSPS) is 20.0. The predicted molar refractivity (Wildman–Crippen MR) is 58.6 cm³/mol. The second-order valence-corrected chi connectivity index (χ2v) is 3.94. The Labute approximate surface area is 85.0 Å². The number of fused-ring (bicyclic) bond motifs is 1. The molecule has 2 heteroatoms. The van der Waals surface area contributed by atoms with Gasteiger partial charge in [0.25, 0.3) is 0 Å². The van der Waals surface area contributed by atoms with Crippen LogP contribution < -0.4 is 5.32 Å². The van der Waals surface area contributed by atoms with E-state index in [9.17, 15) is 5.11 Å². The van der Waals surface area contributed by atoms with Gasteiger partial charge in [-0.1, -0.05) is 31.5 Å². The molecular formula is C12H17NO. The predicted octanol–water partition coefficient (Wildman–Crippen LogP) is 1.97. The van der Waals surface area contributed by atoms with Crippen LogP contribution in [0.15, 0.2) is 18.2 Å². The molecule has 0 fully saturated rings. The van der Waals surface area contributed by atoms with Crippen LogP contribution in [0.25, 0.3) is 0 Å². The zero-order valence-electron chi connectivity index (χ0n) is 8.59. The molecule has 1 aliphatic heterocycles. The van der Waals surface area contributed by atoms with Crippen LogP contribution in [-0.4, -0.2) is 17.8 Å². The summed E-state index contributed by atoms with van der Waals surface area (Å²) in [4.78, 5) is 0. The van der Waals surface area contributed by atoms with Gasteiger partial charge in [-0.25, -0.2) is 0 Å². The molecule has 0 bridgehead atoms. The Morgan fingerprint density at radius 2 is 2.36 bits per heavy atom. The van der Waals surface area contributed by atoms with Crippen molar-refractivity contribution in [3.63, 3.8) is 0 Å². The third kappa shape index (κ3) is 1.75. The molecule has 1 aromatic rings. The zero-order valence-corrected chi connectivity index (χ0v) is 8.59. The first-order valence-electron chi connectivity index (χ1n) is 5.34. The van der Waals surface area contributed by atoms with E-state index in [0.29, 0.717) is 6.54 Å². The number of aryl methyl sites for hydroxylation is 1. The molecule has 1 unspecified atom stereocenters. The van der Waals surface area contributed by atoms with Crippen molar-refractivity contribution in [1.82, 2.24) is 0 Å². The Balaban J connectivity index is 2.31. The smallest absolute Gasteiger partial charge is 0.0753 e. The Hall–Kier alpha value is -1.02. The van der Waals surface area contributed by atoms with Crippen molar-refractivity contribution in [3.05, 3.63) is 29.3 Å². The van der Waals surface area contributed by atoms with E-state index in [4.69, 9.17) is 0 Å². The molecule has 1 heterocycles. The van der Waals surface area contributed by atoms with Gasteiger partial charge in [-0.05, 0) is 17.5 Å². The molecule has 2 nitrogen and oxygen atoms in total. The first-order valence-corrected chi connectivity index (χ1v) is 5.34. The summed E-state index contributed by atoms with van der Waals surface area (Å²) in [6.45, 7) is 2.88. The molecule has 76 valence electrons. The molecule has 1 aliphatic rings. The van der Waals surface area contributed by atoms with Crippen LogP contribution >= 0.6 is 0 Å². The number of anilines is 1. The molecule has 0 amide bonds. The first-order chi connectivity index (χ1) is 6.81. The fourth-order valence-electron chi connectivity index (χ4n) is 2.07. The third-order valence-corrected chi connectivity index (χ3v) is 2.73. The fourth-order valence-corrected chi connectivity index (χ4v) is 2.07. The van der Waals surface area contributed by atoms with E-state index in [1.807, 2.05) is 0 Å². The van der Waals surface area contributed by atoms with Gasteiger partial charge in [0.1, 0.15) is 0 Å². The van der Waals surface area contributed by atoms with E-state index in [1.165, 1.54) is 23.2 Å². The molecule has 0 radical (unpaired) electrons. The van der Waals surface area contributed by atoms with Crippen LogP contribution in [0, 0.1) is 0 Å². The first kappa shape index (κ1) is 9.53. The Morgan fingerprint density at radius 3 is 3.14 bits per heavy atom. The second kappa shape index (κ2) is 4.01. The number of para-hydroxylation sites is 1. The lowest BCUT2D eigenvalue weighted by atomic mass is 9.96. The highest BCUT2D eigenvalue weighted by molar-refractivity contribution is 5.59. The number of aliphatic hydroxyl groups is 1. The largest absolute Gasteiger partial charge is 0.391 e. The maximum Gasteiger partial charge on any atom is 0.0753 e. The number of hydrogen-bond acceptors (Lipinski definition) is 2. The number of nitrogens with one attached hydrogen (secondary N) is 1. The molecule has 0 spiro atoms. The van der Waals surface area contributed by atoms with Gasteiger partial charge < -0.3 is 10.4 Å². The average molecular weight is 191 g/mol. The van der Waals surface area contributed by atoms with E-state index in [-0.39, 0.29) is 6.10 Å². The second-order valence-electron chi connectivity index (χ2n) is 3.94. The topological polar surface area (TPSA) is 32.3 Å². The standard InChI is InChI=1S/C12H17NO/c1-2-4-9-5-3-6-10-7-11(14)8-13-12(9)10/h3,5-6,11,13-14H,2,4,7-8H2,1H3. The van der Waals surface area contributed by atoms with Crippen molar-refractivity contribution in [3.8, 4) is 0 Å². The molecule has 2 N–H and O–H groups in total. The fraction of sp³-hybridized carbons (Fsp3) is 0.500. The van der Waals surface area contributed by atoms with Crippen molar-refractivity contribution < 1.29 is 5.11 Å². The van der Waals surface area contributed by atoms with E-state index < -0.39 is 0 Å². The number of aliphatic hydroxyl groups excluding tert-OH is 1. The van der Waals surface area contributed by atoms with Crippen molar-refractivity contribution in [2.75, 3.05) is 11.9 Å². The van der Waals surface area contributed by atoms with Gasteiger partial charge in [-0.3, -0.25) is 0 Å². The van der Waals surface area contributed by atoms with E-state index >= 15 is 0 Å². The summed E-state index contributed by atoms with van der Waals surface area (Å²) in [5, 5.41) is 12.8. The maximum absolute atomic E-state index is 9.51. The molecule has 14 heavy (non-hydrogen) atoms. The quantitative estimate of drug-likeness (QED) is 0.749. The van der Waals surface area contributed by atoms with Gasteiger partial charge in [-0.2, -0.15) is 0 Å². The van der Waals surface area contributed by atoms with Gasteiger partial charge in [-0.15, -0.1) is 0 Å². The van der Waals surface area contributed by atoms with Crippen molar-refractivity contribution in [1.29, 1.82) is 0 Å². The summed E-state index contributed by atoms with van der Waals surface area (Å²) in [6, 6.07) is 6.36. The van der Waals surface area contributed by atoms with E-state index in [2.05, 4.69) is 30.4 Å². The van der Waals surface area contributed by atoms with Crippen LogP contribution in [0.1, 0.15) is 24.5 Å². The minimum Gasteiger partial charge on any atom is -0.391 e. The van der Waals surface area contributed by atoms with Gasteiger partial charge in [0.2, 0.25) is 0 Å². The van der Waals surface area contributed by atoms with Crippen LogP contribution in [0.5, 0.6) is 0 Å². The van der Waals surface area contributed by atoms with Crippen LogP contribution in [-0.2, 0) is 12.8 Å². The molecule has 1 aromatic carbocycles. The van der Waals surface area contributed by atoms with Gasteiger partial charge in [0, 0.05) is 18.7 Å². The summed E-state index contributed by atoms with van der Waals surface area (Å²) in [5.74, 6) is 0. The lowest BCUT2D eigenvalue weighted by Gasteiger charge is -2.24. The van der Waals surface area contributed by atoms with Crippen molar-refractivity contribution in [2.45, 2.75) is 32.3 Å². The minimum absolute atomic E-state index is 0.223. The lowest BCUT2D eigenvalue weighted by Crippen LogP contribution is -2.28.